The predicted octanol–water partition coefficient (Wildman–Crippen LogP) is 1.68. The van der Waals surface area contributed by atoms with Gasteiger partial charge in [0.15, 0.2) is 0 Å². The van der Waals surface area contributed by atoms with E-state index in [2.05, 4.69) is 22.9 Å². The van der Waals surface area contributed by atoms with Crippen LogP contribution in [0.5, 0.6) is 0 Å². The molecule has 0 N–H and O–H groups in total. The Morgan fingerprint density at radius 1 is 1.56 bits per heavy atom. The molecular formula is C10H21BrN2O2S. The Morgan fingerprint density at radius 3 is 2.69 bits per heavy atom. The summed E-state index contributed by atoms with van der Waals surface area (Å²) in [7, 11) is -1.61. The van der Waals surface area contributed by atoms with E-state index in [0.29, 0.717) is 25.6 Å². The van der Waals surface area contributed by atoms with Crippen LogP contribution < -0.4 is 0 Å². The van der Waals surface area contributed by atoms with E-state index in [4.69, 9.17) is 0 Å². The summed E-state index contributed by atoms with van der Waals surface area (Å²) in [5.41, 5.74) is 0. The van der Waals surface area contributed by atoms with Gasteiger partial charge in [-0.15, -0.1) is 0 Å². The molecule has 16 heavy (non-hydrogen) atoms. The first kappa shape index (κ1) is 14.4. The fourth-order valence-electron chi connectivity index (χ4n) is 2.00. The molecule has 96 valence electrons. The normalized spacial score (nSPS) is 25.9. The average Bonchev–Trinajstić information content (AvgIpc) is 2.16. The molecule has 0 radical (unpaired) electrons. The molecule has 0 amide bonds. The summed E-state index contributed by atoms with van der Waals surface area (Å²) >= 11 is 3.38. The predicted molar refractivity (Wildman–Crippen MR) is 69.9 cm³/mol. The van der Waals surface area contributed by atoms with Crippen LogP contribution in [0.3, 0.4) is 0 Å². The van der Waals surface area contributed by atoms with Gasteiger partial charge in [-0.2, -0.15) is 17.0 Å². The van der Waals surface area contributed by atoms with Gasteiger partial charge < -0.3 is 0 Å². The minimum absolute atomic E-state index is 0.175. The zero-order chi connectivity index (χ0) is 12.3. The molecule has 0 saturated carbocycles. The monoisotopic (exact) mass is 312 g/mol. The van der Waals surface area contributed by atoms with Crippen LogP contribution in [0.1, 0.15) is 26.7 Å². The second kappa shape index (κ2) is 5.80. The van der Waals surface area contributed by atoms with Gasteiger partial charge in [-0.1, -0.05) is 29.8 Å². The molecular weight excluding hydrogens is 292 g/mol. The maximum absolute atomic E-state index is 12.2. The molecule has 1 rings (SSSR count). The van der Waals surface area contributed by atoms with E-state index in [0.717, 1.165) is 12.8 Å². The summed E-state index contributed by atoms with van der Waals surface area (Å²) < 4.78 is 27.4. The van der Waals surface area contributed by atoms with Crippen LogP contribution in [0.15, 0.2) is 0 Å². The molecule has 4 nitrogen and oxygen atoms in total. The topological polar surface area (TPSA) is 40.6 Å². The molecule has 1 aliphatic rings. The average molecular weight is 313 g/mol. The van der Waals surface area contributed by atoms with Gasteiger partial charge in [-0.3, -0.25) is 0 Å². The standard InChI is InChI=1S/C10H21BrN2O2S/c1-9-5-4-6-13(7-9)16(14,15)12(3)8-10(2)11/h9-10H,4-8H2,1-3H3. The van der Waals surface area contributed by atoms with Gasteiger partial charge in [0, 0.05) is 31.5 Å². The number of alkyl halides is 1. The smallest absolute Gasteiger partial charge is 0.195 e. The zero-order valence-corrected chi connectivity index (χ0v) is 12.6. The first-order valence-electron chi connectivity index (χ1n) is 5.69. The van der Waals surface area contributed by atoms with Crippen LogP contribution in [0.4, 0.5) is 0 Å². The Hall–Kier alpha value is 0.350. The van der Waals surface area contributed by atoms with Crippen molar-refractivity contribution in [2.45, 2.75) is 31.5 Å². The molecule has 0 aromatic rings. The van der Waals surface area contributed by atoms with E-state index in [1.807, 2.05) is 6.92 Å². The molecule has 0 spiro atoms. The minimum atomic E-state index is -3.25. The van der Waals surface area contributed by atoms with Gasteiger partial charge >= 0.3 is 0 Å². The van der Waals surface area contributed by atoms with Crippen molar-refractivity contribution in [2.24, 2.45) is 5.92 Å². The fourth-order valence-corrected chi connectivity index (χ4v) is 4.24. The lowest BCUT2D eigenvalue weighted by Gasteiger charge is -2.33. The van der Waals surface area contributed by atoms with Gasteiger partial charge in [0.25, 0.3) is 10.2 Å². The molecule has 0 aliphatic carbocycles. The molecule has 1 heterocycles. The molecule has 0 aromatic heterocycles. The summed E-state index contributed by atoms with van der Waals surface area (Å²) in [6.07, 6.45) is 2.10. The highest BCUT2D eigenvalue weighted by atomic mass is 79.9. The van der Waals surface area contributed by atoms with Crippen molar-refractivity contribution in [1.82, 2.24) is 8.61 Å². The van der Waals surface area contributed by atoms with Crippen LogP contribution in [0.25, 0.3) is 0 Å². The maximum Gasteiger partial charge on any atom is 0.281 e. The Balaban J connectivity index is 2.68. The molecule has 0 aromatic carbocycles. The molecule has 2 atom stereocenters. The van der Waals surface area contributed by atoms with E-state index in [9.17, 15) is 8.42 Å². The van der Waals surface area contributed by atoms with E-state index in [1.165, 1.54) is 4.31 Å². The lowest BCUT2D eigenvalue weighted by atomic mass is 10.0. The molecule has 2 unspecified atom stereocenters. The largest absolute Gasteiger partial charge is 0.281 e. The lowest BCUT2D eigenvalue weighted by Crippen LogP contribution is -2.47. The van der Waals surface area contributed by atoms with Crippen LogP contribution in [-0.4, -0.2) is 48.5 Å². The molecule has 1 fully saturated rings. The molecule has 1 saturated heterocycles. The number of hydrogen-bond donors (Lipinski definition) is 0. The van der Waals surface area contributed by atoms with Crippen molar-refractivity contribution in [2.75, 3.05) is 26.7 Å². The summed E-state index contributed by atoms with van der Waals surface area (Å²) in [6, 6.07) is 0. The number of piperidine rings is 1. The van der Waals surface area contributed by atoms with Crippen molar-refractivity contribution in [3.05, 3.63) is 0 Å². The minimum Gasteiger partial charge on any atom is -0.195 e. The number of hydrogen-bond acceptors (Lipinski definition) is 2. The van der Waals surface area contributed by atoms with E-state index in [1.54, 1.807) is 11.4 Å². The van der Waals surface area contributed by atoms with Crippen molar-refractivity contribution in [1.29, 1.82) is 0 Å². The van der Waals surface area contributed by atoms with Crippen molar-refractivity contribution in [3.8, 4) is 0 Å². The second-order valence-corrected chi connectivity index (χ2v) is 8.27. The Labute approximate surface area is 107 Å². The summed E-state index contributed by atoms with van der Waals surface area (Å²) in [6.45, 7) is 5.88. The third-order valence-electron chi connectivity index (χ3n) is 2.85. The van der Waals surface area contributed by atoms with Crippen LogP contribution in [0.2, 0.25) is 0 Å². The molecule has 0 bridgehead atoms. The summed E-state index contributed by atoms with van der Waals surface area (Å²) in [5.74, 6) is 0.471. The van der Waals surface area contributed by atoms with Crippen LogP contribution in [0, 0.1) is 5.92 Å². The Kier molecular flexibility index (Phi) is 5.22. The van der Waals surface area contributed by atoms with Crippen LogP contribution >= 0.6 is 15.9 Å². The summed E-state index contributed by atoms with van der Waals surface area (Å²) in [4.78, 5) is 0.175. The SMILES string of the molecule is CC(Br)CN(C)S(=O)(=O)N1CCCC(C)C1. The van der Waals surface area contributed by atoms with Gasteiger partial charge in [-0.05, 0) is 18.8 Å². The third-order valence-corrected chi connectivity index (χ3v) is 5.06. The van der Waals surface area contributed by atoms with E-state index in [-0.39, 0.29) is 4.83 Å². The third kappa shape index (κ3) is 3.68. The highest BCUT2D eigenvalue weighted by Gasteiger charge is 2.30. The molecule has 1 aliphatic heterocycles. The van der Waals surface area contributed by atoms with Gasteiger partial charge in [0.2, 0.25) is 0 Å². The first-order chi connectivity index (χ1) is 7.34. The fraction of sp³-hybridized carbons (Fsp3) is 1.00. The van der Waals surface area contributed by atoms with Crippen molar-refractivity contribution < 1.29 is 8.42 Å². The Bertz CT molecular complexity index is 319. The zero-order valence-electron chi connectivity index (χ0n) is 10.2. The van der Waals surface area contributed by atoms with E-state index < -0.39 is 10.2 Å². The number of halogens is 1. The summed E-state index contributed by atoms with van der Waals surface area (Å²) in [5, 5.41) is 0. The number of nitrogens with zero attached hydrogens (tertiary/aromatic N) is 2. The maximum atomic E-state index is 12.2. The van der Waals surface area contributed by atoms with Gasteiger partial charge in [0.1, 0.15) is 0 Å². The highest BCUT2D eigenvalue weighted by molar-refractivity contribution is 9.09. The van der Waals surface area contributed by atoms with Gasteiger partial charge in [0.05, 0.1) is 0 Å². The van der Waals surface area contributed by atoms with Crippen LogP contribution in [-0.2, 0) is 10.2 Å². The van der Waals surface area contributed by atoms with Crippen molar-refractivity contribution in [3.63, 3.8) is 0 Å². The first-order valence-corrected chi connectivity index (χ1v) is 8.00. The molecule has 6 heteroatoms. The van der Waals surface area contributed by atoms with Gasteiger partial charge in [-0.25, -0.2) is 0 Å². The second-order valence-electron chi connectivity index (χ2n) is 4.67. The van der Waals surface area contributed by atoms with E-state index >= 15 is 0 Å². The number of rotatable bonds is 4. The van der Waals surface area contributed by atoms with Crippen molar-refractivity contribution >= 4 is 26.1 Å². The quantitative estimate of drug-likeness (QED) is 0.741. The highest BCUT2D eigenvalue weighted by Crippen LogP contribution is 2.20. The Morgan fingerprint density at radius 2 is 2.19 bits per heavy atom. The lowest BCUT2D eigenvalue weighted by molar-refractivity contribution is 0.264.